The Hall–Kier alpha value is -1.83. The van der Waals surface area contributed by atoms with Crippen LogP contribution in [-0.2, 0) is 9.59 Å². The van der Waals surface area contributed by atoms with E-state index in [9.17, 15) is 14.4 Å². The third-order valence-corrected chi connectivity index (χ3v) is 1.38. The molecule has 14 heavy (non-hydrogen) atoms. The zero-order chi connectivity index (χ0) is 11.1. The number of nitrogens with one attached hydrogen (secondary N) is 2. The molecule has 0 aromatic heterocycles. The molecule has 0 heterocycles. The van der Waals surface area contributed by atoms with E-state index in [1.54, 1.807) is 5.43 Å². The molecule has 0 aliphatic carbocycles. The van der Waals surface area contributed by atoms with Crippen LogP contribution in [0.15, 0.2) is 0 Å². The topological polar surface area (TPSA) is 142 Å². The second-order valence-electron chi connectivity index (χ2n) is 2.44. The standard InChI is InChI=1S/C6H11N3O5/c7-9-6(14)8-3(5(12)13)1-2-4(10)11/h3H,1-2,7H2,(H,10,11)(H,12,13)(H2,8,9,14)/t3-/m0/s1. The van der Waals surface area contributed by atoms with Crippen molar-refractivity contribution >= 4 is 18.0 Å². The maximum Gasteiger partial charge on any atom is 0.329 e. The first-order chi connectivity index (χ1) is 6.47. The first-order valence-electron chi connectivity index (χ1n) is 3.69. The Labute approximate surface area is 79.0 Å². The summed E-state index contributed by atoms with van der Waals surface area (Å²) < 4.78 is 0. The molecule has 80 valence electrons. The van der Waals surface area contributed by atoms with E-state index in [4.69, 9.17) is 16.1 Å². The van der Waals surface area contributed by atoms with Gasteiger partial charge in [0.2, 0.25) is 0 Å². The molecule has 0 fully saturated rings. The van der Waals surface area contributed by atoms with Crippen molar-refractivity contribution in [1.82, 2.24) is 10.7 Å². The van der Waals surface area contributed by atoms with Gasteiger partial charge in [-0.15, -0.1) is 0 Å². The van der Waals surface area contributed by atoms with Gasteiger partial charge in [0.25, 0.3) is 0 Å². The van der Waals surface area contributed by atoms with Crippen molar-refractivity contribution in [2.24, 2.45) is 5.84 Å². The lowest BCUT2D eigenvalue weighted by Crippen LogP contribution is -2.48. The highest BCUT2D eigenvalue weighted by Gasteiger charge is 2.20. The minimum atomic E-state index is -1.31. The van der Waals surface area contributed by atoms with E-state index < -0.39 is 24.0 Å². The molecule has 8 heteroatoms. The number of hydrazine groups is 1. The van der Waals surface area contributed by atoms with Crippen molar-refractivity contribution in [2.75, 3.05) is 0 Å². The van der Waals surface area contributed by atoms with Gasteiger partial charge >= 0.3 is 18.0 Å². The van der Waals surface area contributed by atoms with Gasteiger partial charge in [-0.3, -0.25) is 10.2 Å². The Bertz CT molecular complexity index is 242. The summed E-state index contributed by atoms with van der Waals surface area (Å²) in [5, 5.41) is 18.8. The van der Waals surface area contributed by atoms with Gasteiger partial charge in [-0.1, -0.05) is 0 Å². The third kappa shape index (κ3) is 4.93. The zero-order valence-electron chi connectivity index (χ0n) is 7.19. The second-order valence-corrected chi connectivity index (χ2v) is 2.44. The van der Waals surface area contributed by atoms with Crippen molar-refractivity contribution in [3.63, 3.8) is 0 Å². The predicted octanol–water partition coefficient (Wildman–Crippen LogP) is -1.52. The number of carboxylic acid groups (broad SMARTS) is 2. The van der Waals surface area contributed by atoms with Crippen molar-refractivity contribution in [3.05, 3.63) is 0 Å². The van der Waals surface area contributed by atoms with Crippen LogP contribution in [-0.4, -0.2) is 34.2 Å². The minimum Gasteiger partial charge on any atom is -0.481 e. The summed E-state index contributed by atoms with van der Waals surface area (Å²) in [6.07, 6.45) is -0.542. The Morgan fingerprint density at radius 3 is 2.21 bits per heavy atom. The second kappa shape index (κ2) is 5.75. The maximum atomic E-state index is 10.6. The van der Waals surface area contributed by atoms with Crippen LogP contribution in [0.5, 0.6) is 0 Å². The van der Waals surface area contributed by atoms with Crippen molar-refractivity contribution in [2.45, 2.75) is 18.9 Å². The number of carbonyl (C=O) groups excluding carboxylic acids is 1. The molecule has 0 spiro atoms. The van der Waals surface area contributed by atoms with Crippen LogP contribution in [0, 0.1) is 0 Å². The van der Waals surface area contributed by atoms with E-state index in [0.29, 0.717) is 0 Å². The highest BCUT2D eigenvalue weighted by atomic mass is 16.4. The van der Waals surface area contributed by atoms with E-state index in [-0.39, 0.29) is 12.8 Å². The van der Waals surface area contributed by atoms with E-state index in [0.717, 1.165) is 0 Å². The summed E-state index contributed by atoms with van der Waals surface area (Å²) in [7, 11) is 0. The molecule has 6 N–H and O–H groups in total. The Kier molecular flexibility index (Phi) is 5.00. The van der Waals surface area contributed by atoms with E-state index in [1.807, 2.05) is 5.32 Å². The van der Waals surface area contributed by atoms with E-state index in [1.165, 1.54) is 0 Å². The van der Waals surface area contributed by atoms with Crippen LogP contribution in [0.4, 0.5) is 4.79 Å². The summed E-state index contributed by atoms with van der Waals surface area (Å²) in [5.41, 5.74) is 1.68. The minimum absolute atomic E-state index is 0.196. The monoisotopic (exact) mass is 205 g/mol. The number of carboxylic acids is 2. The van der Waals surface area contributed by atoms with Gasteiger partial charge in [0.1, 0.15) is 6.04 Å². The third-order valence-electron chi connectivity index (χ3n) is 1.38. The summed E-state index contributed by atoms with van der Waals surface area (Å²) in [6, 6.07) is -2.13. The Balaban J connectivity index is 4.09. The van der Waals surface area contributed by atoms with Crippen LogP contribution in [0.2, 0.25) is 0 Å². The molecular weight excluding hydrogens is 194 g/mol. The van der Waals surface area contributed by atoms with Crippen molar-refractivity contribution in [3.8, 4) is 0 Å². The molecule has 0 aromatic rings. The molecular formula is C6H11N3O5. The van der Waals surface area contributed by atoms with Crippen LogP contribution in [0.1, 0.15) is 12.8 Å². The first kappa shape index (κ1) is 12.2. The molecule has 0 rings (SSSR count). The summed E-state index contributed by atoms with van der Waals surface area (Å²) in [4.78, 5) is 31.2. The van der Waals surface area contributed by atoms with Crippen LogP contribution >= 0.6 is 0 Å². The Morgan fingerprint density at radius 1 is 1.29 bits per heavy atom. The number of hydrogen-bond acceptors (Lipinski definition) is 4. The van der Waals surface area contributed by atoms with Gasteiger partial charge in [0.05, 0.1) is 0 Å². The van der Waals surface area contributed by atoms with Crippen molar-refractivity contribution < 1.29 is 24.6 Å². The largest absolute Gasteiger partial charge is 0.481 e. The summed E-state index contributed by atoms with van der Waals surface area (Å²) in [5.74, 6) is 2.26. The molecule has 0 saturated carbocycles. The highest BCUT2D eigenvalue weighted by molar-refractivity contribution is 5.82. The normalized spacial score (nSPS) is 11.5. The van der Waals surface area contributed by atoms with E-state index in [2.05, 4.69) is 0 Å². The smallest absolute Gasteiger partial charge is 0.329 e. The van der Waals surface area contributed by atoms with Gasteiger partial charge in [-0.2, -0.15) is 0 Å². The number of urea groups is 1. The van der Waals surface area contributed by atoms with Crippen LogP contribution in [0.3, 0.4) is 0 Å². The zero-order valence-corrected chi connectivity index (χ0v) is 7.19. The number of rotatable bonds is 5. The Morgan fingerprint density at radius 2 is 1.86 bits per heavy atom. The van der Waals surface area contributed by atoms with E-state index >= 15 is 0 Å². The lowest BCUT2D eigenvalue weighted by atomic mass is 10.1. The molecule has 0 radical (unpaired) electrons. The molecule has 0 bridgehead atoms. The van der Waals surface area contributed by atoms with Gasteiger partial charge in [0, 0.05) is 6.42 Å². The number of hydrogen-bond donors (Lipinski definition) is 5. The van der Waals surface area contributed by atoms with Gasteiger partial charge in [0.15, 0.2) is 0 Å². The predicted molar refractivity (Wildman–Crippen MR) is 44.1 cm³/mol. The number of nitrogens with two attached hydrogens (primary N) is 1. The fourth-order valence-corrected chi connectivity index (χ4v) is 0.725. The molecule has 0 aliphatic rings. The molecule has 2 amide bonds. The fraction of sp³-hybridized carbons (Fsp3) is 0.500. The fourth-order valence-electron chi connectivity index (χ4n) is 0.725. The van der Waals surface area contributed by atoms with Gasteiger partial charge < -0.3 is 15.5 Å². The van der Waals surface area contributed by atoms with Crippen LogP contribution < -0.4 is 16.6 Å². The number of amides is 2. The highest BCUT2D eigenvalue weighted by Crippen LogP contribution is 1.97. The number of carbonyl (C=O) groups is 3. The van der Waals surface area contributed by atoms with Crippen molar-refractivity contribution in [1.29, 1.82) is 0 Å². The number of aliphatic carboxylic acids is 2. The van der Waals surface area contributed by atoms with Gasteiger partial charge in [-0.05, 0) is 6.42 Å². The molecule has 8 nitrogen and oxygen atoms in total. The molecule has 1 atom stereocenters. The van der Waals surface area contributed by atoms with Crippen LogP contribution in [0.25, 0.3) is 0 Å². The maximum absolute atomic E-state index is 10.6. The molecule has 0 saturated heterocycles. The lowest BCUT2D eigenvalue weighted by Gasteiger charge is -2.12. The van der Waals surface area contributed by atoms with Gasteiger partial charge in [-0.25, -0.2) is 15.4 Å². The lowest BCUT2D eigenvalue weighted by molar-refractivity contribution is -0.140. The average Bonchev–Trinajstić information content (AvgIpc) is 2.10. The molecule has 0 aliphatic heterocycles. The summed E-state index contributed by atoms with van der Waals surface area (Å²) in [6.45, 7) is 0. The molecule has 0 aromatic carbocycles. The summed E-state index contributed by atoms with van der Waals surface area (Å²) >= 11 is 0. The molecule has 0 unspecified atom stereocenters. The quantitative estimate of drug-likeness (QED) is 0.209. The first-order valence-corrected chi connectivity index (χ1v) is 3.69. The SMILES string of the molecule is NNC(=O)N[C@@H](CCC(=O)O)C(=O)O. The average molecular weight is 205 g/mol.